The number of rotatable bonds is 1. The van der Waals surface area contributed by atoms with Crippen LogP contribution in [0.1, 0.15) is 12.8 Å². The van der Waals surface area contributed by atoms with Crippen molar-refractivity contribution in [1.29, 1.82) is 0 Å². The highest BCUT2D eigenvalue weighted by Gasteiger charge is 2.46. The molecule has 1 atom stereocenters. The fourth-order valence-corrected chi connectivity index (χ4v) is 1.74. The van der Waals surface area contributed by atoms with Gasteiger partial charge in [0.25, 0.3) is 0 Å². The molecule has 0 radical (unpaired) electrons. The van der Waals surface area contributed by atoms with Crippen molar-refractivity contribution in [3.8, 4) is 0 Å². The van der Waals surface area contributed by atoms with Gasteiger partial charge in [-0.2, -0.15) is 0 Å². The smallest absolute Gasteiger partial charge is 0.210 e. The third-order valence-corrected chi connectivity index (χ3v) is 2.64. The van der Waals surface area contributed by atoms with Crippen LogP contribution in [0.3, 0.4) is 0 Å². The van der Waals surface area contributed by atoms with Crippen LogP contribution < -0.4 is 0 Å². The number of hydrogen-bond donors (Lipinski definition) is 0. The molecule has 0 aromatic rings. The number of carbonyl (C=O) groups is 1. The molecule has 3 heteroatoms. The lowest BCUT2D eigenvalue weighted by Gasteiger charge is -2.47. The summed E-state index contributed by atoms with van der Waals surface area (Å²) in [6, 6.07) is 0. The van der Waals surface area contributed by atoms with Gasteiger partial charge in [-0.1, -0.05) is 0 Å². The van der Waals surface area contributed by atoms with Crippen LogP contribution in [-0.4, -0.2) is 36.6 Å². The van der Waals surface area contributed by atoms with E-state index in [1.54, 1.807) is 0 Å². The third-order valence-electron chi connectivity index (χ3n) is 2.64. The molecule has 2 rings (SSSR count). The average Bonchev–Trinajstić information content (AvgIpc) is 2.35. The Bertz CT molecular complexity index is 152. The van der Waals surface area contributed by atoms with Gasteiger partial charge in [0.05, 0.1) is 12.1 Å². The van der Waals surface area contributed by atoms with Crippen LogP contribution in [0.4, 0.5) is 0 Å². The summed E-state index contributed by atoms with van der Waals surface area (Å²) in [5.74, 6) is 0. The van der Waals surface area contributed by atoms with Crippen molar-refractivity contribution in [2.75, 3.05) is 19.8 Å². The Balaban J connectivity index is 2.07. The molecule has 2 saturated heterocycles. The molecule has 10 heavy (non-hydrogen) atoms. The monoisotopic (exact) mass is 141 g/mol. The van der Waals surface area contributed by atoms with Gasteiger partial charge >= 0.3 is 0 Å². The van der Waals surface area contributed by atoms with Crippen LogP contribution >= 0.6 is 0 Å². The highest BCUT2D eigenvalue weighted by molar-refractivity contribution is 5.51. The van der Waals surface area contributed by atoms with E-state index in [1.165, 1.54) is 0 Å². The standard InChI is InChI=1S/C7H11NO2/c9-6-8-3-1-7(8)2-4-10-5-7/h6H,1-5H2. The Morgan fingerprint density at radius 3 is 2.80 bits per heavy atom. The second kappa shape index (κ2) is 1.95. The van der Waals surface area contributed by atoms with Gasteiger partial charge < -0.3 is 9.64 Å². The fourth-order valence-electron chi connectivity index (χ4n) is 1.74. The normalized spacial score (nSPS) is 38.2. The van der Waals surface area contributed by atoms with Gasteiger partial charge in [-0.15, -0.1) is 0 Å². The largest absolute Gasteiger partial charge is 0.379 e. The van der Waals surface area contributed by atoms with Gasteiger partial charge in [-0.3, -0.25) is 4.79 Å². The summed E-state index contributed by atoms with van der Waals surface area (Å²) in [5, 5.41) is 0. The first-order valence-electron chi connectivity index (χ1n) is 3.67. The van der Waals surface area contributed by atoms with E-state index in [2.05, 4.69) is 0 Å². The molecule has 56 valence electrons. The number of carbonyl (C=O) groups excluding carboxylic acids is 1. The van der Waals surface area contributed by atoms with E-state index >= 15 is 0 Å². The lowest BCUT2D eigenvalue weighted by atomic mass is 9.85. The van der Waals surface area contributed by atoms with E-state index in [0.29, 0.717) is 0 Å². The van der Waals surface area contributed by atoms with E-state index in [-0.39, 0.29) is 5.54 Å². The third kappa shape index (κ3) is 0.611. The number of ether oxygens (including phenoxy) is 1. The van der Waals surface area contributed by atoms with Crippen LogP contribution in [-0.2, 0) is 9.53 Å². The number of amides is 1. The summed E-state index contributed by atoms with van der Waals surface area (Å²) < 4.78 is 5.23. The van der Waals surface area contributed by atoms with Crippen LogP contribution in [0.2, 0.25) is 0 Å². The molecule has 2 fully saturated rings. The van der Waals surface area contributed by atoms with Crippen molar-refractivity contribution in [2.24, 2.45) is 0 Å². The van der Waals surface area contributed by atoms with Gasteiger partial charge in [0, 0.05) is 13.2 Å². The summed E-state index contributed by atoms with van der Waals surface area (Å²) in [4.78, 5) is 12.3. The minimum atomic E-state index is 0.127. The van der Waals surface area contributed by atoms with Crippen molar-refractivity contribution < 1.29 is 9.53 Å². The van der Waals surface area contributed by atoms with Gasteiger partial charge in [-0.25, -0.2) is 0 Å². The quantitative estimate of drug-likeness (QED) is 0.481. The zero-order chi connectivity index (χ0) is 7.03. The molecule has 1 amide bonds. The van der Waals surface area contributed by atoms with E-state index in [4.69, 9.17) is 4.74 Å². The topological polar surface area (TPSA) is 29.5 Å². The minimum Gasteiger partial charge on any atom is -0.379 e. The van der Waals surface area contributed by atoms with Crippen LogP contribution in [0.15, 0.2) is 0 Å². The molecule has 2 heterocycles. The maximum Gasteiger partial charge on any atom is 0.210 e. The van der Waals surface area contributed by atoms with Crippen molar-refractivity contribution in [1.82, 2.24) is 4.90 Å². The van der Waals surface area contributed by atoms with Gasteiger partial charge in [0.2, 0.25) is 6.41 Å². The average molecular weight is 141 g/mol. The summed E-state index contributed by atoms with van der Waals surface area (Å²) in [5.41, 5.74) is 0.127. The highest BCUT2D eigenvalue weighted by Crippen LogP contribution is 2.36. The van der Waals surface area contributed by atoms with Crippen molar-refractivity contribution in [3.05, 3.63) is 0 Å². The Kier molecular flexibility index (Phi) is 1.20. The summed E-state index contributed by atoms with van der Waals surface area (Å²) in [7, 11) is 0. The molecule has 0 bridgehead atoms. The maximum absolute atomic E-state index is 10.4. The molecule has 0 aromatic heterocycles. The first kappa shape index (κ1) is 6.16. The molecule has 1 unspecified atom stereocenters. The van der Waals surface area contributed by atoms with Crippen LogP contribution in [0.5, 0.6) is 0 Å². The zero-order valence-electron chi connectivity index (χ0n) is 5.88. The lowest BCUT2D eigenvalue weighted by molar-refractivity contribution is -0.133. The minimum absolute atomic E-state index is 0.127. The Morgan fingerprint density at radius 1 is 1.50 bits per heavy atom. The molecule has 0 aromatic carbocycles. The SMILES string of the molecule is O=CN1CCC12CCOC2. The first-order valence-corrected chi connectivity index (χ1v) is 3.67. The summed E-state index contributed by atoms with van der Waals surface area (Å²) in [6.07, 6.45) is 3.11. The van der Waals surface area contributed by atoms with E-state index < -0.39 is 0 Å². The highest BCUT2D eigenvalue weighted by atomic mass is 16.5. The van der Waals surface area contributed by atoms with Gasteiger partial charge in [0.1, 0.15) is 0 Å². The van der Waals surface area contributed by atoms with Crippen molar-refractivity contribution >= 4 is 6.41 Å². The molecule has 0 N–H and O–H groups in total. The van der Waals surface area contributed by atoms with E-state index in [0.717, 1.165) is 39.0 Å². The molecule has 1 spiro atoms. The maximum atomic E-state index is 10.4. The molecule has 2 aliphatic heterocycles. The Labute approximate surface area is 60.0 Å². The lowest BCUT2D eigenvalue weighted by Crippen LogP contribution is -2.59. The molecular formula is C7H11NO2. The first-order chi connectivity index (χ1) is 4.87. The second-order valence-electron chi connectivity index (χ2n) is 3.08. The van der Waals surface area contributed by atoms with Gasteiger partial charge in [0.15, 0.2) is 0 Å². The molecule has 0 aliphatic carbocycles. The number of nitrogens with zero attached hydrogens (tertiary/aromatic N) is 1. The van der Waals surface area contributed by atoms with Crippen LogP contribution in [0, 0.1) is 0 Å². The zero-order valence-corrected chi connectivity index (χ0v) is 5.88. The van der Waals surface area contributed by atoms with Crippen molar-refractivity contribution in [2.45, 2.75) is 18.4 Å². The Morgan fingerprint density at radius 2 is 2.40 bits per heavy atom. The summed E-state index contributed by atoms with van der Waals surface area (Å²) >= 11 is 0. The van der Waals surface area contributed by atoms with Gasteiger partial charge in [-0.05, 0) is 12.8 Å². The van der Waals surface area contributed by atoms with E-state index in [9.17, 15) is 4.79 Å². The molecule has 0 saturated carbocycles. The second-order valence-corrected chi connectivity index (χ2v) is 3.08. The number of likely N-dealkylation sites (tertiary alicyclic amines) is 1. The molecule has 3 nitrogen and oxygen atoms in total. The van der Waals surface area contributed by atoms with Crippen LogP contribution in [0.25, 0.3) is 0 Å². The molecular weight excluding hydrogens is 130 g/mol. The predicted octanol–water partition coefficient (Wildman–Crippen LogP) is 0.00760. The fraction of sp³-hybridized carbons (Fsp3) is 0.857. The van der Waals surface area contributed by atoms with Crippen molar-refractivity contribution in [3.63, 3.8) is 0 Å². The summed E-state index contributed by atoms with van der Waals surface area (Å²) in [6.45, 7) is 2.50. The van der Waals surface area contributed by atoms with E-state index in [1.807, 2.05) is 4.90 Å². The Hall–Kier alpha value is -0.570. The molecule has 2 aliphatic rings. The number of hydrogen-bond acceptors (Lipinski definition) is 2. The predicted molar refractivity (Wildman–Crippen MR) is 35.6 cm³/mol.